The van der Waals surface area contributed by atoms with Crippen LogP contribution in [-0.4, -0.2) is 9.97 Å². The second-order valence-electron chi connectivity index (χ2n) is 12.1. The smallest absolute Gasteiger partial charge is 0.246 e. The molecule has 0 saturated heterocycles. The van der Waals surface area contributed by atoms with E-state index >= 15 is 0 Å². The Morgan fingerprint density at radius 1 is 0.511 bits per heavy atom. The molecule has 5 heteroatoms. The van der Waals surface area contributed by atoms with Crippen molar-refractivity contribution < 1.29 is 4.42 Å². The monoisotopic (exact) mass is 634 g/mol. The first-order valence-electron chi connectivity index (χ1n) is 15.6. The molecule has 0 saturated carbocycles. The Labute approximate surface area is 276 Å². The van der Waals surface area contributed by atoms with Crippen LogP contribution in [-0.2, 0) is 0 Å². The van der Waals surface area contributed by atoms with Crippen LogP contribution in [0.2, 0.25) is 0 Å². The molecule has 3 nitrogen and oxygen atoms in total. The highest BCUT2D eigenvalue weighted by Gasteiger charge is 2.18. The van der Waals surface area contributed by atoms with Crippen molar-refractivity contribution in [2.24, 2.45) is 0 Å². The van der Waals surface area contributed by atoms with E-state index in [-0.39, 0.29) is 0 Å². The van der Waals surface area contributed by atoms with Crippen molar-refractivity contribution in [2.75, 3.05) is 0 Å². The van der Waals surface area contributed by atoms with Crippen LogP contribution in [0.1, 0.15) is 0 Å². The average Bonchev–Trinajstić information content (AvgIpc) is 3.82. The summed E-state index contributed by atoms with van der Waals surface area (Å²) in [6.45, 7) is 0. The summed E-state index contributed by atoms with van der Waals surface area (Å²) in [6, 6.07) is 45.8. The molecule has 0 aliphatic heterocycles. The van der Waals surface area contributed by atoms with Crippen molar-refractivity contribution in [1.82, 2.24) is 9.97 Å². The van der Waals surface area contributed by atoms with Crippen LogP contribution < -0.4 is 0 Å². The maximum absolute atomic E-state index is 6.35. The molecular weight excluding hydrogens is 613 g/mol. The molecule has 0 bridgehead atoms. The van der Waals surface area contributed by atoms with Crippen LogP contribution in [0.5, 0.6) is 0 Å². The first-order valence-corrected chi connectivity index (χ1v) is 17.3. The Balaban J connectivity index is 1.07. The number of fused-ring (bicyclic) bond motifs is 13. The molecule has 218 valence electrons. The van der Waals surface area contributed by atoms with Gasteiger partial charge in [-0.05, 0) is 56.9 Å². The van der Waals surface area contributed by atoms with E-state index in [1.807, 2.05) is 28.9 Å². The SMILES string of the molecule is c1ccc2c(c1)ccc1sc3c(-c4ccc5oc6nc(-c7cccc8c7sc7ccc9ccccc9c78)cnc6c5c4)cccc3c12. The molecule has 0 fully saturated rings. The number of thiophene rings is 2. The lowest BCUT2D eigenvalue weighted by Crippen LogP contribution is -1.87. The zero-order chi connectivity index (χ0) is 30.6. The number of hydrogen-bond acceptors (Lipinski definition) is 5. The molecule has 0 atom stereocenters. The van der Waals surface area contributed by atoms with Gasteiger partial charge in [0.25, 0.3) is 0 Å². The van der Waals surface area contributed by atoms with Gasteiger partial charge in [-0.25, -0.2) is 9.97 Å². The summed E-state index contributed by atoms with van der Waals surface area (Å²) in [7, 11) is 0. The Kier molecular flexibility index (Phi) is 5.14. The standard InChI is InChI=1S/C42H22N2OS2/c1-3-9-26-23(7-1)16-19-35-37(26)30-13-5-11-28(40(30)46-35)25-15-18-34-32(21-25)39-42(45-34)44-33(22-43-39)29-12-6-14-31-38-27-10-4-2-8-24(27)17-20-36(38)47-41(29)31/h1-22H. The number of aromatic nitrogens is 2. The van der Waals surface area contributed by atoms with Gasteiger partial charge in [0.05, 0.1) is 11.9 Å². The predicted octanol–water partition coefficient (Wildman–Crippen LogP) is 12.8. The Hall–Kier alpha value is -5.62. The third-order valence-electron chi connectivity index (χ3n) is 9.54. The molecule has 7 aromatic carbocycles. The second kappa shape index (κ2) is 9.46. The normalized spacial score (nSPS) is 12.3. The van der Waals surface area contributed by atoms with Crippen molar-refractivity contribution in [1.29, 1.82) is 0 Å². The predicted molar refractivity (Wildman–Crippen MR) is 201 cm³/mol. The van der Waals surface area contributed by atoms with E-state index in [0.717, 1.165) is 33.3 Å². The largest absolute Gasteiger partial charge is 0.436 e. The highest BCUT2D eigenvalue weighted by molar-refractivity contribution is 7.27. The summed E-state index contributed by atoms with van der Waals surface area (Å²) >= 11 is 3.67. The minimum absolute atomic E-state index is 0.560. The van der Waals surface area contributed by atoms with Gasteiger partial charge in [-0.15, -0.1) is 22.7 Å². The molecule has 4 heterocycles. The highest BCUT2D eigenvalue weighted by atomic mass is 32.1. The molecule has 0 spiro atoms. The fourth-order valence-electron chi connectivity index (χ4n) is 7.40. The molecule has 11 aromatic rings. The van der Waals surface area contributed by atoms with Crippen molar-refractivity contribution in [3.63, 3.8) is 0 Å². The van der Waals surface area contributed by atoms with Gasteiger partial charge in [0.1, 0.15) is 11.1 Å². The average molecular weight is 635 g/mol. The Bertz CT molecular complexity index is 3090. The van der Waals surface area contributed by atoms with Gasteiger partial charge < -0.3 is 4.42 Å². The molecule has 0 aliphatic rings. The highest BCUT2D eigenvalue weighted by Crippen LogP contribution is 2.45. The van der Waals surface area contributed by atoms with Crippen molar-refractivity contribution in [2.45, 2.75) is 0 Å². The van der Waals surface area contributed by atoms with E-state index in [4.69, 9.17) is 14.4 Å². The summed E-state index contributed by atoms with van der Waals surface area (Å²) < 4.78 is 11.4. The van der Waals surface area contributed by atoms with Crippen LogP contribution in [0.15, 0.2) is 138 Å². The van der Waals surface area contributed by atoms with Gasteiger partial charge in [-0.1, -0.05) is 103 Å². The van der Waals surface area contributed by atoms with E-state index in [0.29, 0.717) is 5.71 Å². The third kappa shape index (κ3) is 3.61. The lowest BCUT2D eigenvalue weighted by Gasteiger charge is -2.04. The fraction of sp³-hybridized carbons (Fsp3) is 0. The lowest BCUT2D eigenvalue weighted by molar-refractivity contribution is 0.653. The summed E-state index contributed by atoms with van der Waals surface area (Å²) in [5, 5.41) is 11.3. The maximum atomic E-state index is 6.35. The summed E-state index contributed by atoms with van der Waals surface area (Å²) in [5.41, 5.74) is 6.40. The van der Waals surface area contributed by atoms with E-state index < -0.39 is 0 Å². The Morgan fingerprint density at radius 3 is 1.83 bits per heavy atom. The number of rotatable bonds is 2. The summed E-state index contributed by atoms with van der Waals surface area (Å²) in [4.78, 5) is 10.0. The van der Waals surface area contributed by atoms with Gasteiger partial charge in [-0.2, -0.15) is 0 Å². The fourth-order valence-corrected chi connectivity index (χ4v) is 9.89. The number of furan rings is 1. The Morgan fingerprint density at radius 2 is 1.13 bits per heavy atom. The van der Waals surface area contributed by atoms with E-state index in [2.05, 4.69) is 127 Å². The van der Waals surface area contributed by atoms with Crippen LogP contribution in [0, 0.1) is 0 Å². The first-order chi connectivity index (χ1) is 23.3. The maximum Gasteiger partial charge on any atom is 0.246 e. The zero-order valence-corrected chi connectivity index (χ0v) is 26.5. The topological polar surface area (TPSA) is 38.9 Å². The number of nitrogens with zero attached hydrogens (tertiary/aromatic N) is 2. The molecule has 4 aromatic heterocycles. The minimum atomic E-state index is 0.560. The lowest BCUT2D eigenvalue weighted by atomic mass is 9.99. The van der Waals surface area contributed by atoms with Crippen LogP contribution in [0.25, 0.3) is 106 Å². The van der Waals surface area contributed by atoms with Gasteiger partial charge in [0, 0.05) is 51.3 Å². The minimum Gasteiger partial charge on any atom is -0.436 e. The summed E-state index contributed by atoms with van der Waals surface area (Å²) in [5.74, 6) is 0. The molecule has 0 radical (unpaired) electrons. The molecule has 47 heavy (non-hydrogen) atoms. The molecule has 0 unspecified atom stereocenters. The second-order valence-corrected chi connectivity index (χ2v) is 14.2. The van der Waals surface area contributed by atoms with Crippen molar-refractivity contribution in [3.05, 3.63) is 134 Å². The van der Waals surface area contributed by atoms with Gasteiger partial charge in [0.15, 0.2) is 0 Å². The molecule has 11 rings (SSSR count). The van der Waals surface area contributed by atoms with Crippen molar-refractivity contribution >= 4 is 107 Å². The first kappa shape index (κ1) is 25.6. The molecule has 0 aliphatic carbocycles. The molecular formula is C42H22N2OS2. The zero-order valence-electron chi connectivity index (χ0n) is 24.8. The van der Waals surface area contributed by atoms with Gasteiger partial charge >= 0.3 is 0 Å². The van der Waals surface area contributed by atoms with Crippen LogP contribution in [0.4, 0.5) is 0 Å². The molecule has 0 N–H and O–H groups in total. The van der Waals surface area contributed by atoms with E-state index in [9.17, 15) is 0 Å². The number of benzene rings is 7. The molecule has 0 amide bonds. The van der Waals surface area contributed by atoms with Crippen LogP contribution in [0.3, 0.4) is 0 Å². The van der Waals surface area contributed by atoms with E-state index in [1.54, 1.807) is 0 Å². The van der Waals surface area contributed by atoms with E-state index in [1.165, 1.54) is 67.5 Å². The van der Waals surface area contributed by atoms with Gasteiger partial charge in [-0.3, -0.25) is 0 Å². The number of hydrogen-bond donors (Lipinski definition) is 0. The van der Waals surface area contributed by atoms with Gasteiger partial charge in [0.2, 0.25) is 5.71 Å². The summed E-state index contributed by atoms with van der Waals surface area (Å²) in [6.07, 6.45) is 1.90. The van der Waals surface area contributed by atoms with Crippen molar-refractivity contribution in [3.8, 4) is 22.4 Å². The quantitative estimate of drug-likeness (QED) is 0.190. The third-order valence-corrected chi connectivity index (χ3v) is 12.0. The van der Waals surface area contributed by atoms with Crippen LogP contribution >= 0.6 is 22.7 Å².